The second-order valence-electron chi connectivity index (χ2n) is 8.35. The number of aliphatic hydroxyl groups is 1. The highest BCUT2D eigenvalue weighted by molar-refractivity contribution is 5.90. The molecular weight excluding hydrogens is 402 g/mol. The van der Waals surface area contributed by atoms with E-state index < -0.39 is 11.5 Å². The summed E-state index contributed by atoms with van der Waals surface area (Å²) >= 11 is 0. The zero-order chi connectivity index (χ0) is 22.9. The van der Waals surface area contributed by atoms with Crippen LogP contribution in [0.2, 0.25) is 0 Å². The highest BCUT2D eigenvalue weighted by Gasteiger charge is 2.18. The SMILES string of the molecule is Cc1cc(C(N)=O)nn1-c1ccc(Cc2ccc(-c3ccc(C(C)(C)O)nn3)cc2)cc1. The lowest BCUT2D eigenvalue weighted by atomic mass is 10.0. The van der Waals surface area contributed by atoms with E-state index in [1.165, 1.54) is 5.56 Å². The zero-order valence-electron chi connectivity index (χ0n) is 18.3. The molecule has 3 N–H and O–H groups in total. The molecule has 0 unspecified atom stereocenters. The first-order valence-electron chi connectivity index (χ1n) is 10.3. The maximum atomic E-state index is 11.4. The van der Waals surface area contributed by atoms with Crippen LogP contribution in [0.1, 0.15) is 46.9 Å². The number of nitrogens with two attached hydrogens (primary N) is 1. The molecule has 0 saturated heterocycles. The average molecular weight is 428 g/mol. The Labute approximate surface area is 186 Å². The van der Waals surface area contributed by atoms with Gasteiger partial charge in [-0.1, -0.05) is 36.4 Å². The first-order chi connectivity index (χ1) is 15.2. The largest absolute Gasteiger partial charge is 0.384 e. The molecule has 2 aromatic carbocycles. The summed E-state index contributed by atoms with van der Waals surface area (Å²) in [6, 6.07) is 21.6. The average Bonchev–Trinajstić information content (AvgIpc) is 3.16. The van der Waals surface area contributed by atoms with Crippen molar-refractivity contribution in [3.8, 4) is 16.9 Å². The molecule has 4 rings (SSSR count). The normalized spacial score (nSPS) is 11.5. The molecule has 7 nitrogen and oxygen atoms in total. The molecule has 2 heterocycles. The van der Waals surface area contributed by atoms with Gasteiger partial charge >= 0.3 is 0 Å². The molecule has 0 bridgehead atoms. The Morgan fingerprint density at radius 3 is 2.09 bits per heavy atom. The van der Waals surface area contributed by atoms with Crippen molar-refractivity contribution in [2.75, 3.05) is 0 Å². The molecule has 0 aliphatic heterocycles. The first kappa shape index (κ1) is 21.4. The van der Waals surface area contributed by atoms with Gasteiger partial charge in [0.15, 0.2) is 5.69 Å². The Balaban J connectivity index is 1.46. The Kier molecular flexibility index (Phi) is 5.59. The highest BCUT2D eigenvalue weighted by Crippen LogP contribution is 2.22. The molecule has 1 amide bonds. The number of rotatable bonds is 6. The lowest BCUT2D eigenvalue weighted by Crippen LogP contribution is -2.18. The molecule has 0 saturated carbocycles. The van der Waals surface area contributed by atoms with Gasteiger partial charge in [-0.2, -0.15) is 15.3 Å². The molecular formula is C25H25N5O2. The number of aromatic nitrogens is 4. The molecule has 32 heavy (non-hydrogen) atoms. The van der Waals surface area contributed by atoms with Gasteiger partial charge in [-0.15, -0.1) is 0 Å². The van der Waals surface area contributed by atoms with Crippen molar-refractivity contribution in [2.24, 2.45) is 5.73 Å². The fourth-order valence-corrected chi connectivity index (χ4v) is 3.45. The van der Waals surface area contributed by atoms with Crippen molar-refractivity contribution >= 4 is 5.91 Å². The minimum Gasteiger partial charge on any atom is -0.384 e. The summed E-state index contributed by atoms with van der Waals surface area (Å²) in [6.07, 6.45) is 0.786. The minimum absolute atomic E-state index is 0.256. The van der Waals surface area contributed by atoms with Crippen LogP contribution in [0.15, 0.2) is 66.7 Å². The highest BCUT2D eigenvalue weighted by atomic mass is 16.3. The number of benzene rings is 2. The van der Waals surface area contributed by atoms with Gasteiger partial charge in [-0.3, -0.25) is 4.79 Å². The number of nitrogens with zero attached hydrogens (tertiary/aromatic N) is 4. The van der Waals surface area contributed by atoms with E-state index >= 15 is 0 Å². The van der Waals surface area contributed by atoms with Gasteiger partial charge in [-0.05, 0) is 68.7 Å². The van der Waals surface area contributed by atoms with E-state index in [1.54, 1.807) is 30.7 Å². The topological polar surface area (TPSA) is 107 Å². The summed E-state index contributed by atoms with van der Waals surface area (Å²) in [7, 11) is 0. The molecule has 0 fully saturated rings. The Bertz CT molecular complexity index is 1240. The van der Waals surface area contributed by atoms with E-state index in [2.05, 4.69) is 39.6 Å². The number of primary amides is 1. The van der Waals surface area contributed by atoms with Gasteiger partial charge in [0.05, 0.1) is 17.1 Å². The molecule has 162 valence electrons. The van der Waals surface area contributed by atoms with Crippen LogP contribution in [0.25, 0.3) is 16.9 Å². The lowest BCUT2D eigenvalue weighted by molar-refractivity contribution is 0.0728. The molecule has 0 aliphatic rings. The number of hydrogen-bond donors (Lipinski definition) is 2. The number of aryl methyl sites for hydroxylation is 1. The standard InChI is InChI=1S/C25H25N5O2/c1-16-14-22(24(26)31)29-30(16)20-10-6-18(7-11-20)15-17-4-8-19(9-5-17)21-12-13-23(28-27-21)25(2,3)32/h4-14,32H,15H2,1-3H3,(H2,26,31). The smallest absolute Gasteiger partial charge is 0.269 e. The van der Waals surface area contributed by atoms with Gasteiger partial charge in [-0.25, -0.2) is 4.68 Å². The van der Waals surface area contributed by atoms with E-state index in [9.17, 15) is 9.90 Å². The van der Waals surface area contributed by atoms with Crippen LogP contribution in [0, 0.1) is 6.92 Å². The van der Waals surface area contributed by atoms with Gasteiger partial charge in [0.25, 0.3) is 5.91 Å². The number of carbonyl (C=O) groups is 1. The second kappa shape index (κ2) is 8.36. The molecule has 0 spiro atoms. The molecule has 7 heteroatoms. The second-order valence-corrected chi connectivity index (χ2v) is 8.35. The number of carbonyl (C=O) groups excluding carboxylic acids is 1. The monoisotopic (exact) mass is 427 g/mol. The maximum Gasteiger partial charge on any atom is 0.269 e. The fraction of sp³-hybridized carbons (Fsp3) is 0.200. The van der Waals surface area contributed by atoms with E-state index in [-0.39, 0.29) is 5.69 Å². The quantitative estimate of drug-likeness (QED) is 0.489. The molecule has 0 radical (unpaired) electrons. The van der Waals surface area contributed by atoms with E-state index in [4.69, 9.17) is 5.73 Å². The van der Waals surface area contributed by atoms with E-state index in [0.29, 0.717) is 5.69 Å². The van der Waals surface area contributed by atoms with E-state index in [0.717, 1.165) is 34.6 Å². The van der Waals surface area contributed by atoms with Crippen LogP contribution in [0.3, 0.4) is 0 Å². The molecule has 4 aromatic rings. The van der Waals surface area contributed by atoms with Crippen molar-refractivity contribution in [2.45, 2.75) is 32.8 Å². The predicted molar refractivity (Wildman–Crippen MR) is 122 cm³/mol. The van der Waals surface area contributed by atoms with Crippen LogP contribution < -0.4 is 5.73 Å². The van der Waals surface area contributed by atoms with Crippen LogP contribution in [-0.4, -0.2) is 31.0 Å². The maximum absolute atomic E-state index is 11.4. The minimum atomic E-state index is -1.01. The van der Waals surface area contributed by atoms with Crippen molar-refractivity contribution in [3.05, 3.63) is 94.9 Å². The summed E-state index contributed by atoms with van der Waals surface area (Å²) in [4.78, 5) is 11.4. The summed E-state index contributed by atoms with van der Waals surface area (Å²) in [5.74, 6) is -0.536. The van der Waals surface area contributed by atoms with Crippen LogP contribution >= 0.6 is 0 Å². The van der Waals surface area contributed by atoms with Crippen molar-refractivity contribution in [1.82, 2.24) is 20.0 Å². The van der Waals surface area contributed by atoms with Gasteiger partial charge < -0.3 is 10.8 Å². The summed E-state index contributed by atoms with van der Waals surface area (Å²) < 4.78 is 1.71. The molecule has 0 atom stereocenters. The van der Waals surface area contributed by atoms with Gasteiger partial charge in [0.1, 0.15) is 5.60 Å². The molecule has 2 aromatic heterocycles. The van der Waals surface area contributed by atoms with Crippen LogP contribution in [0.5, 0.6) is 0 Å². The third-order valence-corrected chi connectivity index (χ3v) is 5.27. The predicted octanol–water partition coefficient (Wildman–Crippen LogP) is 3.55. The summed E-state index contributed by atoms with van der Waals surface area (Å²) in [5.41, 5.74) is 10.9. The Morgan fingerprint density at radius 2 is 1.59 bits per heavy atom. The van der Waals surface area contributed by atoms with Crippen molar-refractivity contribution in [1.29, 1.82) is 0 Å². The zero-order valence-corrected chi connectivity index (χ0v) is 18.3. The summed E-state index contributed by atoms with van der Waals surface area (Å²) in [5, 5.41) is 22.7. The van der Waals surface area contributed by atoms with Crippen molar-refractivity contribution < 1.29 is 9.90 Å². The lowest BCUT2D eigenvalue weighted by Gasteiger charge is -2.15. The summed E-state index contributed by atoms with van der Waals surface area (Å²) in [6.45, 7) is 5.26. The van der Waals surface area contributed by atoms with Crippen LogP contribution in [0.4, 0.5) is 0 Å². The third-order valence-electron chi connectivity index (χ3n) is 5.27. The number of hydrogen-bond acceptors (Lipinski definition) is 5. The molecule has 0 aliphatic carbocycles. The number of amides is 1. The first-order valence-corrected chi connectivity index (χ1v) is 10.3. The fourth-order valence-electron chi connectivity index (χ4n) is 3.45. The van der Waals surface area contributed by atoms with Crippen LogP contribution in [-0.2, 0) is 12.0 Å². The third kappa shape index (κ3) is 4.58. The van der Waals surface area contributed by atoms with Crippen molar-refractivity contribution in [3.63, 3.8) is 0 Å². The Morgan fingerprint density at radius 1 is 0.969 bits per heavy atom. The van der Waals surface area contributed by atoms with Gasteiger partial charge in [0, 0.05) is 11.3 Å². The Hall–Kier alpha value is -3.84. The van der Waals surface area contributed by atoms with Gasteiger partial charge in [0.2, 0.25) is 0 Å². The van der Waals surface area contributed by atoms with E-state index in [1.807, 2.05) is 37.3 Å².